The first kappa shape index (κ1) is 14.9. The highest BCUT2D eigenvalue weighted by atomic mass is 32.2. The zero-order valence-electron chi connectivity index (χ0n) is 11.3. The van der Waals surface area contributed by atoms with Gasteiger partial charge in [0.1, 0.15) is 5.01 Å². The first-order chi connectivity index (χ1) is 9.51. The number of anilines is 1. The lowest BCUT2D eigenvalue weighted by Gasteiger charge is -2.07. The Morgan fingerprint density at radius 3 is 2.75 bits per heavy atom. The molecule has 2 rings (SSSR count). The highest BCUT2D eigenvalue weighted by molar-refractivity contribution is 7.93. The second kappa shape index (κ2) is 6.29. The average molecular weight is 312 g/mol. The number of sulfonamides is 1. The molecule has 20 heavy (non-hydrogen) atoms. The van der Waals surface area contributed by atoms with Crippen LogP contribution in [-0.4, -0.2) is 25.2 Å². The van der Waals surface area contributed by atoms with Crippen LogP contribution in [0, 0.1) is 6.92 Å². The van der Waals surface area contributed by atoms with E-state index in [0.717, 1.165) is 12.1 Å². The Balaban J connectivity index is 2.20. The summed E-state index contributed by atoms with van der Waals surface area (Å²) in [6.45, 7) is 5.24. The van der Waals surface area contributed by atoms with Crippen LogP contribution in [0.1, 0.15) is 17.5 Å². The summed E-state index contributed by atoms with van der Waals surface area (Å²) in [5.74, 6) is 0. The highest BCUT2D eigenvalue weighted by Gasteiger charge is 2.16. The summed E-state index contributed by atoms with van der Waals surface area (Å²) in [6, 6.07) is 6.83. The Hall–Kier alpha value is -1.51. The maximum Gasteiger partial charge on any atom is 0.263 e. The van der Waals surface area contributed by atoms with Crippen molar-refractivity contribution in [2.24, 2.45) is 0 Å². The number of benzene rings is 1. The Morgan fingerprint density at radius 2 is 2.10 bits per heavy atom. The van der Waals surface area contributed by atoms with Gasteiger partial charge in [-0.3, -0.25) is 4.72 Å². The summed E-state index contributed by atoms with van der Waals surface area (Å²) in [5.41, 5.74) is 0.920. The van der Waals surface area contributed by atoms with Gasteiger partial charge in [-0.1, -0.05) is 30.4 Å². The Labute approximate surface area is 122 Å². The van der Waals surface area contributed by atoms with E-state index in [1.54, 1.807) is 25.1 Å². The highest BCUT2D eigenvalue weighted by Crippen LogP contribution is 2.19. The van der Waals surface area contributed by atoms with E-state index in [9.17, 15) is 8.42 Å². The summed E-state index contributed by atoms with van der Waals surface area (Å²) in [7, 11) is -3.62. The van der Waals surface area contributed by atoms with Crippen molar-refractivity contribution in [2.75, 3.05) is 11.3 Å². The van der Waals surface area contributed by atoms with Gasteiger partial charge in [0.2, 0.25) is 5.13 Å². The molecule has 2 N–H and O–H groups in total. The van der Waals surface area contributed by atoms with Crippen LogP contribution in [0.5, 0.6) is 0 Å². The van der Waals surface area contributed by atoms with E-state index >= 15 is 0 Å². The molecule has 1 aromatic heterocycles. The van der Waals surface area contributed by atoms with Gasteiger partial charge in [-0.25, -0.2) is 8.42 Å². The third-order valence-electron chi connectivity index (χ3n) is 2.54. The number of rotatable bonds is 6. The molecule has 0 aliphatic carbocycles. The van der Waals surface area contributed by atoms with Crippen molar-refractivity contribution in [3.05, 3.63) is 34.8 Å². The zero-order chi connectivity index (χ0) is 14.6. The topological polar surface area (TPSA) is 84.0 Å². The Kier molecular flexibility index (Phi) is 4.69. The molecule has 0 radical (unpaired) electrons. The SMILES string of the molecule is CCNCc1cccc(S(=O)(=O)Nc2nnc(C)s2)c1. The van der Waals surface area contributed by atoms with Gasteiger partial charge in [0, 0.05) is 6.54 Å². The molecule has 0 bridgehead atoms. The minimum absolute atomic E-state index is 0.223. The standard InChI is InChI=1S/C12H16N4O2S2/c1-3-13-8-10-5-4-6-11(7-10)20(17,18)16-12-15-14-9(2)19-12/h4-7,13H,3,8H2,1-2H3,(H,15,16). The lowest BCUT2D eigenvalue weighted by atomic mass is 10.2. The van der Waals surface area contributed by atoms with Crippen LogP contribution in [0.3, 0.4) is 0 Å². The smallest absolute Gasteiger partial charge is 0.263 e. The quantitative estimate of drug-likeness (QED) is 0.849. The monoisotopic (exact) mass is 312 g/mol. The molecule has 0 amide bonds. The lowest BCUT2D eigenvalue weighted by Crippen LogP contribution is -2.15. The van der Waals surface area contributed by atoms with Crippen molar-refractivity contribution < 1.29 is 8.42 Å². The molecule has 0 aliphatic rings. The van der Waals surface area contributed by atoms with Gasteiger partial charge in [0.05, 0.1) is 4.90 Å². The van der Waals surface area contributed by atoms with Crippen LogP contribution < -0.4 is 10.0 Å². The van der Waals surface area contributed by atoms with Crippen LogP contribution in [0.25, 0.3) is 0 Å². The Morgan fingerprint density at radius 1 is 1.30 bits per heavy atom. The van der Waals surface area contributed by atoms with Gasteiger partial charge in [0.15, 0.2) is 0 Å². The number of hydrogen-bond donors (Lipinski definition) is 2. The summed E-state index contributed by atoms with van der Waals surface area (Å²) in [4.78, 5) is 0.223. The maximum atomic E-state index is 12.2. The molecule has 1 heterocycles. The number of aromatic nitrogens is 2. The van der Waals surface area contributed by atoms with Crippen molar-refractivity contribution in [1.29, 1.82) is 0 Å². The number of nitrogens with one attached hydrogen (secondary N) is 2. The van der Waals surface area contributed by atoms with Crippen LogP contribution in [0.4, 0.5) is 5.13 Å². The van der Waals surface area contributed by atoms with Gasteiger partial charge in [0.25, 0.3) is 10.0 Å². The molecular formula is C12H16N4O2S2. The summed E-state index contributed by atoms with van der Waals surface area (Å²) in [6.07, 6.45) is 0. The average Bonchev–Trinajstić information content (AvgIpc) is 2.81. The van der Waals surface area contributed by atoms with Crippen LogP contribution in [0.2, 0.25) is 0 Å². The number of hydrogen-bond acceptors (Lipinski definition) is 6. The van der Waals surface area contributed by atoms with Gasteiger partial charge in [-0.05, 0) is 31.2 Å². The van der Waals surface area contributed by atoms with E-state index < -0.39 is 10.0 Å². The fourth-order valence-corrected chi connectivity index (χ4v) is 3.50. The molecule has 0 aliphatic heterocycles. The summed E-state index contributed by atoms with van der Waals surface area (Å²) >= 11 is 1.20. The maximum absolute atomic E-state index is 12.2. The number of aryl methyl sites for hydroxylation is 1. The van der Waals surface area contributed by atoms with Crippen LogP contribution >= 0.6 is 11.3 Å². The van der Waals surface area contributed by atoms with Gasteiger partial charge in [-0.2, -0.15) is 0 Å². The largest absolute Gasteiger partial charge is 0.313 e. The van der Waals surface area contributed by atoms with Crippen LogP contribution in [-0.2, 0) is 16.6 Å². The predicted molar refractivity (Wildman–Crippen MR) is 79.3 cm³/mol. The summed E-state index contributed by atoms with van der Waals surface area (Å²) in [5, 5.41) is 11.7. The van der Waals surface area contributed by atoms with E-state index in [-0.39, 0.29) is 10.0 Å². The molecule has 0 saturated heterocycles. The molecule has 2 aromatic rings. The molecule has 0 atom stereocenters. The van der Waals surface area contributed by atoms with Crippen molar-refractivity contribution in [1.82, 2.24) is 15.5 Å². The fraction of sp³-hybridized carbons (Fsp3) is 0.333. The second-order valence-corrected chi connectivity index (χ2v) is 7.02. The number of nitrogens with zero attached hydrogens (tertiary/aromatic N) is 2. The van der Waals surface area contributed by atoms with E-state index in [4.69, 9.17) is 0 Å². The molecule has 6 nitrogen and oxygen atoms in total. The third-order valence-corrected chi connectivity index (χ3v) is 4.76. The predicted octanol–water partition coefficient (Wildman–Crippen LogP) is 1.76. The normalized spacial score (nSPS) is 11.5. The third kappa shape index (κ3) is 3.75. The van der Waals surface area contributed by atoms with Gasteiger partial charge >= 0.3 is 0 Å². The molecule has 108 valence electrons. The van der Waals surface area contributed by atoms with Crippen molar-refractivity contribution in [3.63, 3.8) is 0 Å². The molecule has 0 spiro atoms. The second-order valence-electron chi connectivity index (χ2n) is 4.16. The first-order valence-electron chi connectivity index (χ1n) is 6.14. The zero-order valence-corrected chi connectivity index (χ0v) is 12.9. The molecule has 8 heteroatoms. The van der Waals surface area contributed by atoms with E-state index in [2.05, 4.69) is 20.2 Å². The first-order valence-corrected chi connectivity index (χ1v) is 8.44. The molecule has 0 saturated carbocycles. The summed E-state index contributed by atoms with van der Waals surface area (Å²) < 4.78 is 26.9. The minimum atomic E-state index is -3.62. The molecule has 1 aromatic carbocycles. The van der Waals surface area contributed by atoms with E-state index in [0.29, 0.717) is 11.6 Å². The van der Waals surface area contributed by atoms with Crippen molar-refractivity contribution in [2.45, 2.75) is 25.3 Å². The molecular weight excluding hydrogens is 296 g/mol. The van der Waals surface area contributed by atoms with Crippen LogP contribution in [0.15, 0.2) is 29.2 Å². The molecule has 0 unspecified atom stereocenters. The van der Waals surface area contributed by atoms with Crippen molar-refractivity contribution >= 4 is 26.5 Å². The van der Waals surface area contributed by atoms with Gasteiger partial charge < -0.3 is 5.32 Å². The van der Waals surface area contributed by atoms with E-state index in [1.165, 1.54) is 11.3 Å². The molecule has 0 fully saturated rings. The van der Waals surface area contributed by atoms with Gasteiger partial charge in [-0.15, -0.1) is 10.2 Å². The van der Waals surface area contributed by atoms with Crippen molar-refractivity contribution in [3.8, 4) is 0 Å². The van der Waals surface area contributed by atoms with E-state index in [1.807, 2.05) is 13.0 Å². The fourth-order valence-electron chi connectivity index (χ4n) is 1.60. The minimum Gasteiger partial charge on any atom is -0.313 e. The Bertz CT molecular complexity index is 682. The lowest BCUT2D eigenvalue weighted by molar-refractivity contribution is 0.601.